The van der Waals surface area contributed by atoms with Crippen LogP contribution in [0.1, 0.15) is 58.3 Å². The molecule has 0 aromatic rings. The quantitative estimate of drug-likeness (QED) is 0.566. The Labute approximate surface area is 153 Å². The van der Waals surface area contributed by atoms with E-state index in [0.29, 0.717) is 0 Å². The highest BCUT2D eigenvalue weighted by Crippen LogP contribution is 2.35. The fourth-order valence-electron chi connectivity index (χ4n) is 4.06. The van der Waals surface area contributed by atoms with E-state index in [4.69, 9.17) is 0 Å². The monoisotopic (exact) mass is 351 g/mol. The molecule has 0 unspecified atom stereocenters. The molecule has 1 saturated carbocycles. The summed E-state index contributed by atoms with van der Waals surface area (Å²) in [6.07, 6.45) is 10.6. The molecular formula is C19H37N5O. The van der Waals surface area contributed by atoms with Crippen molar-refractivity contribution in [2.45, 2.75) is 63.8 Å². The van der Waals surface area contributed by atoms with E-state index in [2.05, 4.69) is 27.4 Å². The fourth-order valence-corrected chi connectivity index (χ4v) is 4.06. The lowest BCUT2D eigenvalue weighted by Crippen LogP contribution is -2.59. The molecule has 0 atom stereocenters. The lowest BCUT2D eigenvalue weighted by Gasteiger charge is -2.48. The molecule has 1 aliphatic carbocycles. The molecule has 1 amide bonds. The highest BCUT2D eigenvalue weighted by Gasteiger charge is 2.38. The van der Waals surface area contributed by atoms with Gasteiger partial charge in [-0.3, -0.25) is 9.69 Å². The van der Waals surface area contributed by atoms with Gasteiger partial charge in [-0.15, -0.1) is 0 Å². The van der Waals surface area contributed by atoms with Gasteiger partial charge in [-0.1, -0.05) is 25.7 Å². The molecule has 2 aliphatic rings. The summed E-state index contributed by atoms with van der Waals surface area (Å²) in [7, 11) is 3.54. The van der Waals surface area contributed by atoms with Crippen molar-refractivity contribution < 1.29 is 4.79 Å². The van der Waals surface area contributed by atoms with Gasteiger partial charge in [-0.05, 0) is 45.7 Å². The maximum Gasteiger partial charge on any atom is 0.243 e. The molecule has 2 rings (SSSR count). The number of carbonyl (C=O) groups excluding carboxylic acids is 1. The van der Waals surface area contributed by atoms with Gasteiger partial charge in [0, 0.05) is 32.7 Å². The maximum atomic E-state index is 11.8. The largest absolute Gasteiger partial charge is 0.357 e. The van der Waals surface area contributed by atoms with Crippen molar-refractivity contribution in [3.8, 4) is 0 Å². The van der Waals surface area contributed by atoms with Gasteiger partial charge >= 0.3 is 0 Å². The van der Waals surface area contributed by atoms with Crippen molar-refractivity contribution in [1.82, 2.24) is 20.4 Å². The summed E-state index contributed by atoms with van der Waals surface area (Å²) >= 11 is 0. The molecule has 0 bridgehead atoms. The van der Waals surface area contributed by atoms with Crippen molar-refractivity contribution in [3.05, 3.63) is 0 Å². The van der Waals surface area contributed by atoms with Gasteiger partial charge in [-0.2, -0.15) is 0 Å². The molecule has 1 aliphatic heterocycles. The number of amides is 1. The number of piperidine rings is 1. The zero-order valence-electron chi connectivity index (χ0n) is 16.4. The van der Waals surface area contributed by atoms with Crippen LogP contribution in [0.15, 0.2) is 4.99 Å². The molecule has 6 nitrogen and oxygen atoms in total. The Bertz CT molecular complexity index is 437. The van der Waals surface area contributed by atoms with E-state index in [9.17, 15) is 4.79 Å². The average molecular weight is 352 g/mol. The number of hydrogen-bond donors (Lipinski definition) is 2. The molecule has 0 aromatic heterocycles. The van der Waals surface area contributed by atoms with E-state index in [-0.39, 0.29) is 18.0 Å². The van der Waals surface area contributed by atoms with E-state index < -0.39 is 0 Å². The summed E-state index contributed by atoms with van der Waals surface area (Å²) in [6, 6.07) is 0. The predicted molar refractivity (Wildman–Crippen MR) is 104 cm³/mol. The Morgan fingerprint density at radius 2 is 1.68 bits per heavy atom. The van der Waals surface area contributed by atoms with Gasteiger partial charge in [-0.25, -0.2) is 4.99 Å². The van der Waals surface area contributed by atoms with Crippen LogP contribution in [0.5, 0.6) is 0 Å². The zero-order chi connectivity index (χ0) is 18.1. The molecule has 2 fully saturated rings. The van der Waals surface area contributed by atoms with Gasteiger partial charge in [0.2, 0.25) is 5.91 Å². The molecule has 6 heteroatoms. The summed E-state index contributed by atoms with van der Waals surface area (Å²) in [5.74, 6) is 0.792. The number of nitrogens with one attached hydrogen (secondary N) is 2. The third kappa shape index (κ3) is 5.87. The number of guanidine groups is 1. The minimum absolute atomic E-state index is 0.0283. The normalized spacial score (nSPS) is 21.6. The third-order valence-electron chi connectivity index (χ3n) is 5.61. The van der Waals surface area contributed by atoms with Crippen LogP contribution in [-0.2, 0) is 4.79 Å². The van der Waals surface area contributed by atoms with Crippen LogP contribution in [0.25, 0.3) is 0 Å². The van der Waals surface area contributed by atoms with Gasteiger partial charge < -0.3 is 15.5 Å². The maximum absolute atomic E-state index is 11.8. The molecule has 0 spiro atoms. The number of aliphatic imine (C=N–C) groups is 1. The molecule has 0 aromatic carbocycles. The second-order valence-electron chi connectivity index (χ2n) is 7.67. The third-order valence-corrected chi connectivity index (χ3v) is 5.61. The minimum atomic E-state index is 0.0283. The molecule has 1 saturated heterocycles. The first-order valence-corrected chi connectivity index (χ1v) is 10.0. The first-order valence-electron chi connectivity index (χ1n) is 10.0. The van der Waals surface area contributed by atoms with Gasteiger partial charge in [0.25, 0.3) is 0 Å². The lowest BCUT2D eigenvalue weighted by atomic mass is 9.79. The fraction of sp³-hybridized carbons (Fsp3) is 0.895. The molecule has 1 heterocycles. The van der Waals surface area contributed by atoms with Crippen molar-refractivity contribution in [2.75, 3.05) is 46.8 Å². The number of carbonyl (C=O) groups is 1. The molecular weight excluding hydrogens is 314 g/mol. The Morgan fingerprint density at radius 3 is 2.28 bits per heavy atom. The van der Waals surface area contributed by atoms with Crippen LogP contribution in [0.4, 0.5) is 0 Å². The number of hydrogen-bond acceptors (Lipinski definition) is 3. The SMILES string of the molecule is CCNC(=NCC(=O)N(C)C)NCC1(N2CCCCC2)CCCCC1. The van der Waals surface area contributed by atoms with E-state index in [1.54, 1.807) is 19.0 Å². The predicted octanol–water partition coefficient (Wildman–Crippen LogP) is 1.82. The van der Waals surface area contributed by atoms with E-state index in [1.165, 1.54) is 64.5 Å². The number of likely N-dealkylation sites (tertiary alicyclic amines) is 1. The highest BCUT2D eigenvalue weighted by molar-refractivity contribution is 5.84. The van der Waals surface area contributed by atoms with Crippen molar-refractivity contribution in [2.24, 2.45) is 4.99 Å². The standard InChI is InChI=1S/C19H37N5O/c1-4-20-18(21-15-17(25)23(2)3)22-16-19(11-7-5-8-12-19)24-13-9-6-10-14-24/h4-16H2,1-3H3,(H2,20,21,22). The molecule has 0 radical (unpaired) electrons. The topological polar surface area (TPSA) is 60.0 Å². The second kappa shape index (κ2) is 10.00. The average Bonchev–Trinajstić information content (AvgIpc) is 2.65. The summed E-state index contributed by atoms with van der Waals surface area (Å²) in [5, 5.41) is 6.84. The van der Waals surface area contributed by atoms with Crippen LogP contribution in [0.3, 0.4) is 0 Å². The van der Waals surface area contributed by atoms with Crippen LogP contribution in [0, 0.1) is 0 Å². The van der Waals surface area contributed by atoms with Crippen molar-refractivity contribution >= 4 is 11.9 Å². The molecule has 25 heavy (non-hydrogen) atoms. The molecule has 144 valence electrons. The van der Waals surface area contributed by atoms with Crippen LogP contribution in [-0.4, -0.2) is 74.0 Å². The second-order valence-corrected chi connectivity index (χ2v) is 7.67. The van der Waals surface area contributed by atoms with Crippen LogP contribution < -0.4 is 10.6 Å². The Kier molecular flexibility index (Phi) is 8.00. The van der Waals surface area contributed by atoms with Crippen molar-refractivity contribution in [1.29, 1.82) is 0 Å². The van der Waals surface area contributed by atoms with E-state index in [1.807, 2.05) is 0 Å². The van der Waals surface area contributed by atoms with Gasteiger partial charge in [0.05, 0.1) is 0 Å². The highest BCUT2D eigenvalue weighted by atomic mass is 16.2. The first-order chi connectivity index (χ1) is 12.1. The summed E-state index contributed by atoms with van der Waals surface area (Å²) in [6.45, 7) is 6.45. The number of rotatable bonds is 6. The zero-order valence-corrected chi connectivity index (χ0v) is 16.4. The Hall–Kier alpha value is -1.30. The Balaban J connectivity index is 2.00. The number of nitrogens with zero attached hydrogens (tertiary/aromatic N) is 3. The minimum Gasteiger partial charge on any atom is -0.357 e. The lowest BCUT2D eigenvalue weighted by molar-refractivity contribution is -0.127. The van der Waals surface area contributed by atoms with Crippen molar-refractivity contribution in [3.63, 3.8) is 0 Å². The van der Waals surface area contributed by atoms with Gasteiger partial charge in [0.1, 0.15) is 6.54 Å². The van der Waals surface area contributed by atoms with Crippen LogP contribution in [0.2, 0.25) is 0 Å². The van der Waals surface area contributed by atoms with Gasteiger partial charge in [0.15, 0.2) is 5.96 Å². The van der Waals surface area contributed by atoms with Crippen LogP contribution >= 0.6 is 0 Å². The Morgan fingerprint density at radius 1 is 1.04 bits per heavy atom. The smallest absolute Gasteiger partial charge is 0.243 e. The number of likely N-dealkylation sites (N-methyl/N-ethyl adjacent to an activating group) is 1. The summed E-state index contributed by atoms with van der Waals surface area (Å²) in [4.78, 5) is 20.6. The summed E-state index contributed by atoms with van der Waals surface area (Å²) in [5.41, 5.74) is 0.264. The first kappa shape index (κ1) is 20.0. The van der Waals surface area contributed by atoms with E-state index in [0.717, 1.165) is 19.0 Å². The summed E-state index contributed by atoms with van der Waals surface area (Å²) < 4.78 is 0. The van der Waals surface area contributed by atoms with E-state index >= 15 is 0 Å². The molecule has 2 N–H and O–H groups in total.